The summed E-state index contributed by atoms with van der Waals surface area (Å²) in [5, 5.41) is 10.7. The summed E-state index contributed by atoms with van der Waals surface area (Å²) >= 11 is 0. The molecule has 0 aliphatic heterocycles. The van der Waals surface area contributed by atoms with Gasteiger partial charge in [-0.05, 0) is 102 Å². The van der Waals surface area contributed by atoms with Crippen LogP contribution in [0.4, 0.5) is 0 Å². The summed E-state index contributed by atoms with van der Waals surface area (Å²) in [5.74, 6) is 0. The Hall–Kier alpha value is -5.99. The van der Waals surface area contributed by atoms with Crippen LogP contribution in [0.25, 0.3) is 94.9 Å². The maximum Gasteiger partial charge on any atom is 0.138 e. The van der Waals surface area contributed by atoms with Crippen LogP contribution >= 0.6 is 0 Å². The van der Waals surface area contributed by atoms with Crippen LogP contribution in [0.2, 0.25) is 0 Å². The number of hydrogen-bond donors (Lipinski definition) is 0. The largest absolute Gasteiger partial charge is 0.293 e. The highest BCUT2D eigenvalue weighted by Crippen LogP contribution is 2.45. The number of nitrogens with zero attached hydrogens (tertiary/aromatic N) is 2. The second-order valence-electron chi connectivity index (χ2n) is 12.7. The van der Waals surface area contributed by atoms with E-state index < -0.39 is 0 Å². The molecule has 228 valence electrons. The normalized spacial score (nSPS) is 12.2. The van der Waals surface area contributed by atoms with Crippen molar-refractivity contribution in [2.24, 2.45) is 0 Å². The second-order valence-corrected chi connectivity index (χ2v) is 12.7. The van der Waals surface area contributed by atoms with Gasteiger partial charge in [-0.15, -0.1) is 0 Å². The molecule has 9 aromatic rings. The van der Waals surface area contributed by atoms with Crippen LogP contribution in [0.15, 0.2) is 146 Å². The monoisotopic (exact) mass is 614 g/mol. The molecule has 48 heavy (non-hydrogen) atoms. The lowest BCUT2D eigenvalue weighted by Crippen LogP contribution is -2.25. The fraction of sp³-hybridized carbons (Fsp3) is 0.0652. The zero-order valence-corrected chi connectivity index (χ0v) is 26.9. The summed E-state index contributed by atoms with van der Waals surface area (Å²) in [6.45, 7) is 6.63. The summed E-state index contributed by atoms with van der Waals surface area (Å²) in [4.78, 5) is 4.90. The van der Waals surface area contributed by atoms with Gasteiger partial charge in [-0.1, -0.05) is 147 Å². The smallest absolute Gasteiger partial charge is 0.138 e. The third-order valence-corrected chi connectivity index (χ3v) is 9.81. The van der Waals surface area contributed by atoms with Gasteiger partial charge in [0, 0.05) is 0 Å². The summed E-state index contributed by atoms with van der Waals surface area (Å²) in [6, 6.07) is 53.2. The minimum atomic E-state index is 0.935. The third-order valence-electron chi connectivity index (χ3n) is 9.81. The minimum Gasteiger partial charge on any atom is -0.293 e. The number of aromatic nitrogens is 2. The van der Waals surface area contributed by atoms with Crippen molar-refractivity contribution >= 4 is 61.5 Å². The van der Waals surface area contributed by atoms with Gasteiger partial charge in [-0.2, -0.15) is 0 Å². The molecule has 0 amide bonds. The van der Waals surface area contributed by atoms with E-state index in [1.165, 1.54) is 71.1 Å². The van der Waals surface area contributed by atoms with Crippen molar-refractivity contribution < 1.29 is 0 Å². The van der Waals surface area contributed by atoms with Crippen LogP contribution in [0.1, 0.15) is 19.8 Å². The van der Waals surface area contributed by atoms with Crippen LogP contribution < -0.4 is 10.7 Å². The molecule has 0 radical (unpaired) electrons. The fourth-order valence-corrected chi connectivity index (χ4v) is 7.57. The number of pyridine rings is 1. The van der Waals surface area contributed by atoms with Gasteiger partial charge in [0.25, 0.3) is 0 Å². The number of fused-ring (bicyclic) bond motifs is 6. The summed E-state index contributed by atoms with van der Waals surface area (Å²) in [7, 11) is 0. The third kappa shape index (κ3) is 4.45. The van der Waals surface area contributed by atoms with E-state index in [9.17, 15) is 0 Å². The molecule has 0 unspecified atom stereocenters. The highest BCUT2D eigenvalue weighted by molar-refractivity contribution is 6.23. The minimum absolute atomic E-state index is 0.935. The van der Waals surface area contributed by atoms with Gasteiger partial charge in [0.1, 0.15) is 5.65 Å². The topological polar surface area (TPSA) is 17.3 Å². The van der Waals surface area contributed by atoms with Crippen LogP contribution in [0.5, 0.6) is 0 Å². The summed E-state index contributed by atoms with van der Waals surface area (Å²) in [6.07, 6.45) is 4.29. The molecule has 2 aromatic heterocycles. The highest BCUT2D eigenvalue weighted by Gasteiger charge is 2.18. The maximum absolute atomic E-state index is 4.90. The first-order valence-corrected chi connectivity index (χ1v) is 16.8. The number of unbranched alkanes of at least 4 members (excludes halogenated alkanes) is 1. The fourth-order valence-electron chi connectivity index (χ4n) is 7.57. The first kappa shape index (κ1) is 28.3. The molecule has 0 atom stereocenters. The number of benzene rings is 7. The van der Waals surface area contributed by atoms with Gasteiger partial charge in [-0.25, -0.2) is 4.98 Å². The zero-order chi connectivity index (χ0) is 32.2. The van der Waals surface area contributed by atoms with Gasteiger partial charge in [0.2, 0.25) is 0 Å². The molecule has 0 bridgehead atoms. The highest BCUT2D eigenvalue weighted by atomic mass is 15.0. The van der Waals surface area contributed by atoms with Gasteiger partial charge < -0.3 is 0 Å². The Labute approximate surface area is 279 Å². The van der Waals surface area contributed by atoms with E-state index in [2.05, 4.69) is 170 Å². The van der Waals surface area contributed by atoms with Gasteiger partial charge >= 0.3 is 0 Å². The predicted octanol–water partition coefficient (Wildman–Crippen LogP) is 10.9. The molecule has 0 fully saturated rings. The van der Waals surface area contributed by atoms with Gasteiger partial charge in [-0.3, -0.25) is 4.40 Å². The molecule has 0 aliphatic rings. The average Bonchev–Trinajstić information content (AvgIpc) is 3.47. The number of hydrogen-bond acceptors (Lipinski definition) is 1. The molecule has 0 spiro atoms. The number of rotatable bonds is 5. The van der Waals surface area contributed by atoms with Crippen molar-refractivity contribution in [3.8, 4) is 33.4 Å². The SMILES string of the molecule is C=c1/c(=C\CCC)nc2ccc3ccc(-c4cccc(-c5c6ccccc6c(-c6cccc7ccccc67)c6ccccc56)c4)cc3n12. The molecule has 0 saturated carbocycles. The molecule has 2 heterocycles. The predicted molar refractivity (Wildman–Crippen MR) is 206 cm³/mol. The quantitative estimate of drug-likeness (QED) is 0.176. The van der Waals surface area contributed by atoms with Crippen molar-refractivity contribution in [3.05, 3.63) is 156 Å². The van der Waals surface area contributed by atoms with Crippen LogP contribution in [-0.4, -0.2) is 9.38 Å². The lowest BCUT2D eigenvalue weighted by molar-refractivity contribution is 0.987. The average molecular weight is 615 g/mol. The van der Waals surface area contributed by atoms with Crippen molar-refractivity contribution in [1.29, 1.82) is 0 Å². The zero-order valence-electron chi connectivity index (χ0n) is 26.9. The Morgan fingerprint density at radius 3 is 1.92 bits per heavy atom. The van der Waals surface area contributed by atoms with E-state index >= 15 is 0 Å². The van der Waals surface area contributed by atoms with Crippen molar-refractivity contribution in [1.82, 2.24) is 9.38 Å². The Morgan fingerprint density at radius 1 is 0.562 bits per heavy atom. The Kier molecular flexibility index (Phi) is 6.69. The molecular weight excluding hydrogens is 581 g/mol. The van der Waals surface area contributed by atoms with Gasteiger partial charge in [0.05, 0.1) is 16.2 Å². The van der Waals surface area contributed by atoms with Crippen molar-refractivity contribution in [3.63, 3.8) is 0 Å². The molecule has 0 saturated heterocycles. The van der Waals surface area contributed by atoms with Crippen molar-refractivity contribution in [2.45, 2.75) is 19.8 Å². The molecule has 0 N–H and O–H groups in total. The van der Waals surface area contributed by atoms with Crippen LogP contribution in [-0.2, 0) is 0 Å². The first-order valence-electron chi connectivity index (χ1n) is 16.8. The molecule has 2 heteroatoms. The molecule has 2 nitrogen and oxygen atoms in total. The van der Waals surface area contributed by atoms with E-state index in [0.29, 0.717) is 0 Å². The lowest BCUT2D eigenvalue weighted by atomic mass is 9.84. The van der Waals surface area contributed by atoms with Crippen LogP contribution in [0, 0.1) is 0 Å². The molecular formula is C46H34N2. The molecule has 0 aliphatic carbocycles. The number of imidazole rings is 1. The summed E-state index contributed by atoms with van der Waals surface area (Å²) in [5.41, 5.74) is 9.44. The van der Waals surface area contributed by atoms with E-state index in [4.69, 9.17) is 4.98 Å². The first-order chi connectivity index (χ1) is 23.7. The maximum atomic E-state index is 4.90. The van der Waals surface area contributed by atoms with Crippen molar-refractivity contribution in [2.75, 3.05) is 0 Å². The Bertz CT molecular complexity index is 2760. The Morgan fingerprint density at radius 2 is 1.17 bits per heavy atom. The second kappa shape index (κ2) is 11.4. The van der Waals surface area contributed by atoms with E-state index in [1.54, 1.807) is 0 Å². The molecule has 7 aromatic carbocycles. The van der Waals surface area contributed by atoms with E-state index in [1.807, 2.05) is 0 Å². The summed E-state index contributed by atoms with van der Waals surface area (Å²) < 4.78 is 2.21. The molecule has 9 rings (SSSR count). The standard InChI is InChI=1S/C46H34N2/c1-3-4-23-42-30(2)48-43-29-34(25-24-32(43)26-27-44(48)47-42)33-15-11-16-35(28-33)45-38-18-7-9-20-40(38)46(41-21-10-8-19-39(41)45)37-22-12-14-31-13-5-6-17-36(31)37/h5-29H,2-4H2,1H3/b42-23+. The van der Waals surface area contributed by atoms with Crippen LogP contribution in [0.3, 0.4) is 0 Å². The van der Waals surface area contributed by atoms with E-state index in [0.717, 1.165) is 34.7 Å². The van der Waals surface area contributed by atoms with E-state index in [-0.39, 0.29) is 0 Å². The van der Waals surface area contributed by atoms with Gasteiger partial charge in [0.15, 0.2) is 0 Å². The lowest BCUT2D eigenvalue weighted by Gasteiger charge is -2.19. The Balaban J connectivity index is 1.27.